The molecule has 1 aliphatic heterocycles. The highest BCUT2D eigenvalue weighted by Crippen LogP contribution is 2.15. The number of hydrogen-bond donors (Lipinski definition) is 1. The van der Waals surface area contributed by atoms with Crippen LogP contribution in [0.1, 0.15) is 45.4 Å². The molecular formula is C13H24N4O. The number of nitrogens with zero attached hydrogens (tertiary/aromatic N) is 3. The number of aryl methyl sites for hydroxylation is 1. The van der Waals surface area contributed by atoms with E-state index in [1.165, 1.54) is 0 Å². The van der Waals surface area contributed by atoms with Crippen LogP contribution in [0.25, 0.3) is 0 Å². The molecule has 0 amide bonds. The SMILES string of the molecule is CCc1nnc(CN2CC(CC)NCC2CC)o1. The lowest BCUT2D eigenvalue weighted by atomic mass is 10.1. The first kappa shape index (κ1) is 13.5. The van der Waals surface area contributed by atoms with Crippen LogP contribution >= 0.6 is 0 Å². The minimum Gasteiger partial charge on any atom is -0.424 e. The number of hydrogen-bond acceptors (Lipinski definition) is 5. The fourth-order valence-corrected chi connectivity index (χ4v) is 2.47. The lowest BCUT2D eigenvalue weighted by Gasteiger charge is -2.39. The zero-order valence-electron chi connectivity index (χ0n) is 11.6. The lowest BCUT2D eigenvalue weighted by Crippen LogP contribution is -2.55. The first-order valence-corrected chi connectivity index (χ1v) is 7.05. The molecule has 1 fully saturated rings. The molecule has 0 radical (unpaired) electrons. The van der Waals surface area contributed by atoms with Gasteiger partial charge in [-0.1, -0.05) is 20.8 Å². The Morgan fingerprint density at radius 1 is 1.22 bits per heavy atom. The van der Waals surface area contributed by atoms with Crippen molar-refractivity contribution in [3.8, 4) is 0 Å². The van der Waals surface area contributed by atoms with Crippen molar-refractivity contribution in [1.82, 2.24) is 20.4 Å². The fourth-order valence-electron chi connectivity index (χ4n) is 2.47. The molecular weight excluding hydrogens is 228 g/mol. The second-order valence-electron chi connectivity index (χ2n) is 4.95. The Morgan fingerprint density at radius 3 is 2.61 bits per heavy atom. The zero-order chi connectivity index (χ0) is 13.0. The van der Waals surface area contributed by atoms with E-state index in [0.717, 1.165) is 50.7 Å². The van der Waals surface area contributed by atoms with Gasteiger partial charge in [0.2, 0.25) is 11.8 Å². The normalized spacial score (nSPS) is 25.5. The summed E-state index contributed by atoms with van der Waals surface area (Å²) in [5, 5.41) is 11.7. The molecule has 1 aromatic rings. The first-order chi connectivity index (χ1) is 8.76. The first-order valence-electron chi connectivity index (χ1n) is 7.05. The predicted octanol–water partition coefficient (Wildman–Crippen LogP) is 1.59. The Kier molecular flexibility index (Phi) is 4.72. The van der Waals surface area contributed by atoms with Gasteiger partial charge >= 0.3 is 0 Å². The van der Waals surface area contributed by atoms with Crippen LogP contribution in [-0.2, 0) is 13.0 Å². The van der Waals surface area contributed by atoms with Crippen molar-refractivity contribution in [2.75, 3.05) is 13.1 Å². The molecule has 2 rings (SSSR count). The van der Waals surface area contributed by atoms with Crippen LogP contribution in [0.15, 0.2) is 4.42 Å². The molecule has 0 saturated carbocycles. The van der Waals surface area contributed by atoms with Gasteiger partial charge in [-0.15, -0.1) is 10.2 Å². The van der Waals surface area contributed by atoms with Crippen molar-refractivity contribution in [1.29, 1.82) is 0 Å². The largest absolute Gasteiger partial charge is 0.424 e. The van der Waals surface area contributed by atoms with Crippen molar-refractivity contribution in [2.24, 2.45) is 0 Å². The molecule has 5 heteroatoms. The molecule has 0 aromatic carbocycles. The van der Waals surface area contributed by atoms with Crippen molar-refractivity contribution in [3.63, 3.8) is 0 Å². The summed E-state index contributed by atoms with van der Waals surface area (Å²) in [5.41, 5.74) is 0. The summed E-state index contributed by atoms with van der Waals surface area (Å²) in [7, 11) is 0. The van der Waals surface area contributed by atoms with Crippen LogP contribution in [0, 0.1) is 0 Å². The molecule has 18 heavy (non-hydrogen) atoms. The maximum absolute atomic E-state index is 5.61. The molecule has 1 aromatic heterocycles. The van der Waals surface area contributed by atoms with E-state index < -0.39 is 0 Å². The smallest absolute Gasteiger partial charge is 0.230 e. The van der Waals surface area contributed by atoms with E-state index in [4.69, 9.17) is 4.42 Å². The van der Waals surface area contributed by atoms with Crippen molar-refractivity contribution in [3.05, 3.63) is 11.8 Å². The third kappa shape index (κ3) is 3.09. The standard InChI is InChI=1S/C13H24N4O/c1-4-10-8-17(11(5-2)7-14-10)9-13-16-15-12(6-3)18-13/h10-11,14H,4-9H2,1-3H3. The van der Waals surface area contributed by atoms with Crippen molar-refractivity contribution in [2.45, 2.75) is 58.7 Å². The summed E-state index contributed by atoms with van der Waals surface area (Å²) in [6.07, 6.45) is 3.12. The van der Waals surface area contributed by atoms with E-state index in [0.29, 0.717) is 12.1 Å². The van der Waals surface area contributed by atoms with Crippen LogP contribution in [-0.4, -0.2) is 40.3 Å². The van der Waals surface area contributed by atoms with Gasteiger partial charge in [-0.2, -0.15) is 0 Å². The van der Waals surface area contributed by atoms with Gasteiger partial charge in [-0.3, -0.25) is 4.90 Å². The third-order valence-electron chi connectivity index (χ3n) is 3.73. The van der Waals surface area contributed by atoms with Crippen molar-refractivity contribution >= 4 is 0 Å². The van der Waals surface area contributed by atoms with E-state index in [-0.39, 0.29) is 0 Å². The monoisotopic (exact) mass is 252 g/mol. The summed E-state index contributed by atoms with van der Waals surface area (Å²) in [6, 6.07) is 1.16. The zero-order valence-corrected chi connectivity index (χ0v) is 11.6. The van der Waals surface area contributed by atoms with Gasteiger partial charge in [0.1, 0.15) is 0 Å². The average molecular weight is 252 g/mol. The van der Waals surface area contributed by atoms with Gasteiger partial charge in [0, 0.05) is 31.6 Å². The molecule has 1 aliphatic rings. The highest BCUT2D eigenvalue weighted by atomic mass is 16.4. The molecule has 1 N–H and O–H groups in total. The Hall–Kier alpha value is -0.940. The van der Waals surface area contributed by atoms with Gasteiger partial charge in [0.05, 0.1) is 6.54 Å². The minimum absolute atomic E-state index is 0.574. The summed E-state index contributed by atoms with van der Waals surface area (Å²) >= 11 is 0. The van der Waals surface area contributed by atoms with Crippen LogP contribution < -0.4 is 5.32 Å². The van der Waals surface area contributed by atoms with Gasteiger partial charge in [-0.05, 0) is 12.8 Å². The average Bonchev–Trinajstić information content (AvgIpc) is 2.86. The highest BCUT2D eigenvalue weighted by Gasteiger charge is 2.27. The molecule has 2 atom stereocenters. The number of rotatable bonds is 5. The van der Waals surface area contributed by atoms with E-state index >= 15 is 0 Å². The summed E-state index contributed by atoms with van der Waals surface area (Å²) in [4.78, 5) is 2.47. The van der Waals surface area contributed by atoms with Crippen LogP contribution in [0.3, 0.4) is 0 Å². The van der Waals surface area contributed by atoms with Crippen LogP contribution in [0.4, 0.5) is 0 Å². The summed E-state index contributed by atoms with van der Waals surface area (Å²) in [6.45, 7) is 9.40. The molecule has 5 nitrogen and oxygen atoms in total. The molecule has 1 saturated heterocycles. The van der Waals surface area contributed by atoms with Crippen molar-refractivity contribution < 1.29 is 4.42 Å². The van der Waals surface area contributed by atoms with E-state index in [1.54, 1.807) is 0 Å². The Labute approximate surface area is 109 Å². The Balaban J connectivity index is 1.99. The van der Waals surface area contributed by atoms with Gasteiger partial charge in [-0.25, -0.2) is 0 Å². The maximum atomic E-state index is 5.61. The van der Waals surface area contributed by atoms with Gasteiger partial charge in [0.25, 0.3) is 0 Å². The van der Waals surface area contributed by atoms with E-state index in [9.17, 15) is 0 Å². The summed E-state index contributed by atoms with van der Waals surface area (Å²) < 4.78 is 5.61. The van der Waals surface area contributed by atoms with E-state index in [1.807, 2.05) is 6.92 Å². The summed E-state index contributed by atoms with van der Waals surface area (Å²) in [5.74, 6) is 1.49. The molecule has 2 heterocycles. The molecule has 0 bridgehead atoms. The number of aromatic nitrogens is 2. The second kappa shape index (κ2) is 6.29. The molecule has 0 aliphatic carbocycles. The maximum Gasteiger partial charge on any atom is 0.230 e. The lowest BCUT2D eigenvalue weighted by molar-refractivity contribution is 0.106. The molecule has 102 valence electrons. The topological polar surface area (TPSA) is 54.2 Å². The predicted molar refractivity (Wildman–Crippen MR) is 70.2 cm³/mol. The third-order valence-corrected chi connectivity index (χ3v) is 3.73. The highest BCUT2D eigenvalue weighted by molar-refractivity contribution is 4.89. The Morgan fingerprint density at radius 2 is 2.00 bits per heavy atom. The van der Waals surface area contributed by atoms with Gasteiger partial charge < -0.3 is 9.73 Å². The Bertz CT molecular complexity index is 366. The molecule has 0 spiro atoms. The number of piperazine rings is 1. The quantitative estimate of drug-likeness (QED) is 0.862. The molecule has 2 unspecified atom stereocenters. The second-order valence-corrected chi connectivity index (χ2v) is 4.95. The minimum atomic E-state index is 0.574. The fraction of sp³-hybridized carbons (Fsp3) is 0.846. The van der Waals surface area contributed by atoms with Crippen LogP contribution in [0.2, 0.25) is 0 Å². The van der Waals surface area contributed by atoms with Crippen LogP contribution in [0.5, 0.6) is 0 Å². The van der Waals surface area contributed by atoms with Gasteiger partial charge in [0.15, 0.2) is 0 Å². The number of nitrogens with one attached hydrogen (secondary N) is 1. The van der Waals surface area contributed by atoms with E-state index in [2.05, 4.69) is 34.3 Å².